The van der Waals surface area contributed by atoms with Gasteiger partial charge < -0.3 is 14.9 Å². The van der Waals surface area contributed by atoms with Crippen LogP contribution in [0.25, 0.3) is 0 Å². The maximum absolute atomic E-state index is 11.2. The van der Waals surface area contributed by atoms with Crippen molar-refractivity contribution >= 4 is 11.9 Å². The van der Waals surface area contributed by atoms with Crippen molar-refractivity contribution in [2.45, 2.75) is 0 Å². The Morgan fingerprint density at radius 1 is 1.36 bits per heavy atom. The summed E-state index contributed by atoms with van der Waals surface area (Å²) in [6, 6.07) is 0. The van der Waals surface area contributed by atoms with Crippen LogP contribution in [-0.2, 0) is 9.59 Å². The second kappa shape index (κ2) is 6.15. The molecule has 0 rings (SSSR count). The summed E-state index contributed by atoms with van der Waals surface area (Å²) in [6.45, 7) is 4.06. The predicted octanol–water partition coefficient (Wildman–Crippen LogP) is -0.353. The van der Waals surface area contributed by atoms with Gasteiger partial charge in [-0.05, 0) is 20.2 Å². The Morgan fingerprint density at radius 3 is 2.29 bits per heavy atom. The van der Waals surface area contributed by atoms with Gasteiger partial charge in [-0.15, -0.1) is 0 Å². The third kappa shape index (κ3) is 5.31. The van der Waals surface area contributed by atoms with Gasteiger partial charge in [-0.2, -0.15) is 0 Å². The minimum Gasteiger partial charge on any atom is -0.480 e. The average Bonchev–Trinajstić information content (AvgIpc) is 2.10. The molecular formula is C9H16N2O3. The van der Waals surface area contributed by atoms with Gasteiger partial charge in [0.15, 0.2) is 0 Å². The van der Waals surface area contributed by atoms with Gasteiger partial charge in [0.05, 0.1) is 0 Å². The number of hydrogen-bond acceptors (Lipinski definition) is 3. The lowest BCUT2D eigenvalue weighted by Gasteiger charge is -2.20. The molecule has 14 heavy (non-hydrogen) atoms. The number of carboxylic acids is 1. The van der Waals surface area contributed by atoms with Crippen molar-refractivity contribution in [1.82, 2.24) is 9.80 Å². The molecule has 0 saturated carbocycles. The zero-order chi connectivity index (χ0) is 11.1. The highest BCUT2D eigenvalue weighted by Crippen LogP contribution is 1.91. The molecule has 0 unspecified atom stereocenters. The van der Waals surface area contributed by atoms with Crippen molar-refractivity contribution in [2.75, 3.05) is 33.7 Å². The molecule has 5 heteroatoms. The Bertz CT molecular complexity index is 226. The standard InChI is InChI=1S/C9H16N2O3/c1-4-8(12)11(7-9(13)14)6-5-10(2)3/h4H,1,5-7H2,2-3H3,(H,13,14). The molecule has 0 bridgehead atoms. The molecule has 0 spiro atoms. The van der Waals surface area contributed by atoms with Gasteiger partial charge in [0.1, 0.15) is 6.54 Å². The van der Waals surface area contributed by atoms with Crippen LogP contribution in [0.3, 0.4) is 0 Å². The first-order valence-corrected chi connectivity index (χ1v) is 4.25. The summed E-state index contributed by atoms with van der Waals surface area (Å²) in [7, 11) is 3.72. The predicted molar refractivity (Wildman–Crippen MR) is 53.0 cm³/mol. The van der Waals surface area contributed by atoms with Crippen LogP contribution in [-0.4, -0.2) is 60.5 Å². The first-order valence-electron chi connectivity index (χ1n) is 4.25. The summed E-state index contributed by atoms with van der Waals surface area (Å²) in [5.74, 6) is -1.37. The molecule has 0 aliphatic rings. The Morgan fingerprint density at radius 2 is 1.93 bits per heavy atom. The van der Waals surface area contributed by atoms with Crippen LogP contribution >= 0.6 is 0 Å². The highest BCUT2D eigenvalue weighted by molar-refractivity contribution is 5.89. The van der Waals surface area contributed by atoms with Gasteiger partial charge in [-0.3, -0.25) is 9.59 Å². The summed E-state index contributed by atoms with van der Waals surface area (Å²) in [4.78, 5) is 24.7. The van der Waals surface area contributed by atoms with Crippen molar-refractivity contribution < 1.29 is 14.7 Å². The van der Waals surface area contributed by atoms with Gasteiger partial charge in [0, 0.05) is 13.1 Å². The van der Waals surface area contributed by atoms with Crippen LogP contribution in [0.2, 0.25) is 0 Å². The van der Waals surface area contributed by atoms with Crippen molar-refractivity contribution in [3.63, 3.8) is 0 Å². The summed E-state index contributed by atoms with van der Waals surface area (Å²) in [5.41, 5.74) is 0. The van der Waals surface area contributed by atoms with E-state index in [1.165, 1.54) is 4.90 Å². The number of hydrogen-bond donors (Lipinski definition) is 1. The maximum atomic E-state index is 11.2. The lowest BCUT2D eigenvalue weighted by Crippen LogP contribution is -2.39. The van der Waals surface area contributed by atoms with E-state index < -0.39 is 5.97 Å². The van der Waals surface area contributed by atoms with Gasteiger partial charge in [0.2, 0.25) is 5.91 Å². The maximum Gasteiger partial charge on any atom is 0.323 e. The highest BCUT2D eigenvalue weighted by Gasteiger charge is 2.13. The van der Waals surface area contributed by atoms with E-state index in [2.05, 4.69) is 6.58 Å². The summed E-state index contributed by atoms with van der Waals surface area (Å²) < 4.78 is 0. The number of nitrogens with zero attached hydrogens (tertiary/aromatic N) is 2. The topological polar surface area (TPSA) is 60.9 Å². The minimum atomic E-state index is -1.01. The molecule has 0 atom stereocenters. The van der Waals surface area contributed by atoms with Crippen LogP contribution in [0.4, 0.5) is 0 Å². The molecule has 0 saturated heterocycles. The van der Waals surface area contributed by atoms with Gasteiger partial charge in [-0.25, -0.2) is 0 Å². The second-order valence-corrected chi connectivity index (χ2v) is 3.16. The number of aliphatic carboxylic acids is 1. The van der Waals surface area contributed by atoms with E-state index in [0.717, 1.165) is 6.08 Å². The first kappa shape index (κ1) is 12.6. The molecule has 0 heterocycles. The Balaban J connectivity index is 4.17. The Kier molecular flexibility index (Phi) is 5.55. The van der Waals surface area contributed by atoms with Crippen LogP contribution in [0, 0.1) is 0 Å². The van der Waals surface area contributed by atoms with Crippen LogP contribution in [0.1, 0.15) is 0 Å². The third-order valence-corrected chi connectivity index (χ3v) is 1.63. The van der Waals surface area contributed by atoms with E-state index >= 15 is 0 Å². The Labute approximate surface area is 83.6 Å². The number of amides is 1. The summed E-state index contributed by atoms with van der Waals surface area (Å²) in [5, 5.41) is 8.55. The largest absolute Gasteiger partial charge is 0.480 e. The number of likely N-dealkylation sites (N-methyl/N-ethyl adjacent to an activating group) is 1. The van der Waals surface area contributed by atoms with Crippen molar-refractivity contribution in [1.29, 1.82) is 0 Å². The molecule has 0 aromatic rings. The summed E-state index contributed by atoms with van der Waals surface area (Å²) >= 11 is 0. The fourth-order valence-corrected chi connectivity index (χ4v) is 0.880. The SMILES string of the molecule is C=CC(=O)N(CCN(C)C)CC(=O)O. The van der Waals surface area contributed by atoms with Crippen LogP contribution < -0.4 is 0 Å². The molecule has 0 fully saturated rings. The number of carbonyl (C=O) groups excluding carboxylic acids is 1. The number of carbonyl (C=O) groups is 2. The summed E-state index contributed by atoms with van der Waals surface area (Å²) in [6.07, 6.45) is 1.12. The average molecular weight is 200 g/mol. The Hall–Kier alpha value is -1.36. The van der Waals surface area contributed by atoms with E-state index in [-0.39, 0.29) is 12.5 Å². The zero-order valence-electron chi connectivity index (χ0n) is 8.56. The lowest BCUT2D eigenvalue weighted by atomic mass is 10.4. The molecule has 1 N–H and O–H groups in total. The first-order chi connectivity index (χ1) is 6.47. The smallest absolute Gasteiger partial charge is 0.323 e. The quantitative estimate of drug-likeness (QED) is 0.595. The highest BCUT2D eigenvalue weighted by atomic mass is 16.4. The fraction of sp³-hybridized carbons (Fsp3) is 0.556. The van der Waals surface area contributed by atoms with Gasteiger partial charge in [0.25, 0.3) is 0 Å². The molecule has 0 aliphatic heterocycles. The van der Waals surface area contributed by atoms with E-state index in [4.69, 9.17) is 5.11 Å². The molecule has 80 valence electrons. The van der Waals surface area contributed by atoms with E-state index in [1.54, 1.807) is 0 Å². The molecule has 0 aromatic carbocycles. The van der Waals surface area contributed by atoms with Crippen LogP contribution in [0.5, 0.6) is 0 Å². The van der Waals surface area contributed by atoms with E-state index in [0.29, 0.717) is 13.1 Å². The van der Waals surface area contributed by atoms with Gasteiger partial charge >= 0.3 is 5.97 Å². The number of carboxylic acid groups (broad SMARTS) is 1. The van der Waals surface area contributed by atoms with Gasteiger partial charge in [-0.1, -0.05) is 6.58 Å². The van der Waals surface area contributed by atoms with E-state index in [1.807, 2.05) is 19.0 Å². The minimum absolute atomic E-state index is 0.279. The van der Waals surface area contributed by atoms with E-state index in [9.17, 15) is 9.59 Å². The van der Waals surface area contributed by atoms with Crippen molar-refractivity contribution in [3.05, 3.63) is 12.7 Å². The molecule has 0 radical (unpaired) electrons. The number of rotatable bonds is 6. The fourth-order valence-electron chi connectivity index (χ4n) is 0.880. The second-order valence-electron chi connectivity index (χ2n) is 3.16. The normalized spacial score (nSPS) is 9.93. The monoisotopic (exact) mass is 200 g/mol. The lowest BCUT2D eigenvalue weighted by molar-refractivity contribution is -0.142. The van der Waals surface area contributed by atoms with Crippen molar-refractivity contribution in [2.24, 2.45) is 0 Å². The van der Waals surface area contributed by atoms with Crippen molar-refractivity contribution in [3.8, 4) is 0 Å². The molecule has 0 aromatic heterocycles. The molecule has 0 aliphatic carbocycles. The zero-order valence-corrected chi connectivity index (χ0v) is 8.56. The molecule has 5 nitrogen and oxygen atoms in total. The molecule has 1 amide bonds. The van der Waals surface area contributed by atoms with Crippen LogP contribution in [0.15, 0.2) is 12.7 Å². The molecular weight excluding hydrogens is 184 g/mol. The third-order valence-electron chi connectivity index (χ3n) is 1.63.